The quantitative estimate of drug-likeness (QED) is 0.689. The fraction of sp³-hybridized carbons (Fsp3) is 0.261. The van der Waals surface area contributed by atoms with E-state index in [1.54, 1.807) is 12.1 Å². The van der Waals surface area contributed by atoms with Crippen molar-refractivity contribution in [2.45, 2.75) is 13.8 Å². The van der Waals surface area contributed by atoms with Gasteiger partial charge >= 0.3 is 0 Å². The van der Waals surface area contributed by atoms with Crippen LogP contribution in [0.2, 0.25) is 5.02 Å². The Kier molecular flexibility index (Phi) is 5.59. The number of aryl methyl sites for hydroxylation is 1. The summed E-state index contributed by atoms with van der Waals surface area (Å²) in [5.41, 5.74) is 3.67. The molecule has 0 spiro atoms. The highest BCUT2D eigenvalue weighted by Gasteiger charge is 2.25. The Morgan fingerprint density at radius 3 is 2.47 bits per heavy atom. The van der Waals surface area contributed by atoms with E-state index in [9.17, 15) is 9.59 Å². The van der Waals surface area contributed by atoms with Gasteiger partial charge in [0.05, 0.1) is 21.8 Å². The molecule has 6 nitrogen and oxygen atoms in total. The highest BCUT2D eigenvalue weighted by atomic mass is 35.5. The van der Waals surface area contributed by atoms with E-state index in [0.29, 0.717) is 48.0 Å². The standard InChI is InChI=1S/C23H23ClN4O2/c1-15-7-8-18-19(13-17(26-16(2)29)14-21(18)25-15)23(30)28-11-9-27(10-12-28)22-6-4-3-5-20(22)24/h3-8,13-14H,9-12H2,1-2H3,(H,26,29). The molecule has 7 heteroatoms. The van der Waals surface area contributed by atoms with Crippen LogP contribution in [0.3, 0.4) is 0 Å². The first-order valence-corrected chi connectivity index (χ1v) is 10.3. The molecular weight excluding hydrogens is 400 g/mol. The van der Waals surface area contributed by atoms with Crippen LogP contribution in [0, 0.1) is 6.92 Å². The number of halogens is 1. The SMILES string of the molecule is CC(=O)Nc1cc(C(=O)N2CCN(c3ccccc3Cl)CC2)c2ccc(C)nc2c1. The number of fused-ring (bicyclic) bond motifs is 1. The second-order valence-corrected chi connectivity index (χ2v) is 7.86. The summed E-state index contributed by atoms with van der Waals surface area (Å²) in [6.07, 6.45) is 0. The molecule has 4 rings (SSSR count). The van der Waals surface area contributed by atoms with Gasteiger partial charge in [0.1, 0.15) is 0 Å². The van der Waals surface area contributed by atoms with E-state index in [1.807, 2.05) is 48.2 Å². The van der Waals surface area contributed by atoms with Crippen LogP contribution in [0.4, 0.5) is 11.4 Å². The molecular formula is C23H23ClN4O2. The fourth-order valence-corrected chi connectivity index (χ4v) is 4.07. The zero-order valence-corrected chi connectivity index (χ0v) is 17.7. The number of anilines is 2. The first-order chi connectivity index (χ1) is 14.4. The summed E-state index contributed by atoms with van der Waals surface area (Å²) >= 11 is 6.33. The van der Waals surface area contributed by atoms with Crippen molar-refractivity contribution in [1.82, 2.24) is 9.88 Å². The van der Waals surface area contributed by atoms with Crippen LogP contribution in [0.1, 0.15) is 23.0 Å². The van der Waals surface area contributed by atoms with Gasteiger partial charge < -0.3 is 15.1 Å². The molecule has 1 aliphatic rings. The number of amides is 2. The molecule has 2 amide bonds. The highest BCUT2D eigenvalue weighted by Crippen LogP contribution is 2.28. The zero-order valence-electron chi connectivity index (χ0n) is 17.0. The number of pyridine rings is 1. The summed E-state index contributed by atoms with van der Waals surface area (Å²) in [5, 5.41) is 4.28. The largest absolute Gasteiger partial charge is 0.367 e. The lowest BCUT2D eigenvalue weighted by molar-refractivity contribution is -0.114. The lowest BCUT2D eigenvalue weighted by Gasteiger charge is -2.36. The summed E-state index contributed by atoms with van der Waals surface area (Å²) < 4.78 is 0. The van der Waals surface area contributed by atoms with Gasteiger partial charge in [-0.15, -0.1) is 0 Å². The molecule has 0 atom stereocenters. The Labute approximate surface area is 180 Å². The first-order valence-electron chi connectivity index (χ1n) is 9.90. The number of hydrogen-bond acceptors (Lipinski definition) is 4. The van der Waals surface area contributed by atoms with Crippen LogP contribution in [0.25, 0.3) is 10.9 Å². The zero-order chi connectivity index (χ0) is 21.3. The van der Waals surface area contributed by atoms with Crippen LogP contribution < -0.4 is 10.2 Å². The maximum absolute atomic E-state index is 13.4. The van der Waals surface area contributed by atoms with Gasteiger partial charge in [-0.1, -0.05) is 29.8 Å². The van der Waals surface area contributed by atoms with Gasteiger partial charge in [0.25, 0.3) is 5.91 Å². The molecule has 154 valence electrons. The summed E-state index contributed by atoms with van der Waals surface area (Å²) in [5.74, 6) is -0.245. The molecule has 0 saturated carbocycles. The van der Waals surface area contributed by atoms with Crippen molar-refractivity contribution in [3.63, 3.8) is 0 Å². The Hall–Kier alpha value is -3.12. The van der Waals surface area contributed by atoms with Crippen molar-refractivity contribution < 1.29 is 9.59 Å². The molecule has 1 saturated heterocycles. The molecule has 2 aromatic carbocycles. The van der Waals surface area contributed by atoms with Crippen LogP contribution in [0.5, 0.6) is 0 Å². The van der Waals surface area contributed by atoms with Crippen molar-refractivity contribution in [2.75, 3.05) is 36.4 Å². The van der Waals surface area contributed by atoms with Gasteiger partial charge in [-0.2, -0.15) is 0 Å². The molecule has 1 aliphatic heterocycles. The molecule has 1 fully saturated rings. The number of nitrogens with one attached hydrogen (secondary N) is 1. The highest BCUT2D eigenvalue weighted by molar-refractivity contribution is 6.33. The lowest BCUT2D eigenvalue weighted by Crippen LogP contribution is -2.49. The third-order valence-electron chi connectivity index (χ3n) is 5.26. The summed E-state index contributed by atoms with van der Waals surface area (Å²) in [6.45, 7) is 5.94. The van der Waals surface area contributed by atoms with Crippen LogP contribution >= 0.6 is 11.6 Å². The van der Waals surface area contributed by atoms with Crippen molar-refractivity contribution >= 4 is 45.7 Å². The second kappa shape index (κ2) is 8.32. The van der Waals surface area contributed by atoms with E-state index < -0.39 is 0 Å². The minimum Gasteiger partial charge on any atom is -0.367 e. The number of rotatable bonds is 3. The van der Waals surface area contributed by atoms with E-state index in [-0.39, 0.29) is 11.8 Å². The number of aromatic nitrogens is 1. The maximum atomic E-state index is 13.4. The van der Waals surface area contributed by atoms with Gasteiger partial charge in [0.15, 0.2) is 0 Å². The van der Waals surface area contributed by atoms with Crippen LogP contribution in [-0.2, 0) is 4.79 Å². The normalized spacial score (nSPS) is 14.1. The maximum Gasteiger partial charge on any atom is 0.254 e. The van der Waals surface area contributed by atoms with Gasteiger partial charge in [-0.3, -0.25) is 14.6 Å². The Bertz CT molecular complexity index is 1120. The van der Waals surface area contributed by atoms with Crippen molar-refractivity contribution in [3.8, 4) is 0 Å². The number of carbonyl (C=O) groups is 2. The third kappa shape index (κ3) is 4.09. The third-order valence-corrected chi connectivity index (χ3v) is 5.58. The Balaban J connectivity index is 1.60. The van der Waals surface area contributed by atoms with E-state index in [0.717, 1.165) is 16.8 Å². The van der Waals surface area contributed by atoms with Crippen LogP contribution in [0.15, 0.2) is 48.5 Å². The monoisotopic (exact) mass is 422 g/mol. The molecule has 0 aliphatic carbocycles. The van der Waals surface area contributed by atoms with Gasteiger partial charge in [0, 0.05) is 49.9 Å². The van der Waals surface area contributed by atoms with E-state index in [2.05, 4.69) is 15.2 Å². The minimum absolute atomic E-state index is 0.0586. The molecule has 0 unspecified atom stereocenters. The summed E-state index contributed by atoms with van der Waals surface area (Å²) in [6, 6.07) is 15.1. The van der Waals surface area contributed by atoms with Gasteiger partial charge in [0.2, 0.25) is 5.91 Å². The molecule has 2 heterocycles. The topological polar surface area (TPSA) is 65.5 Å². The van der Waals surface area contributed by atoms with Crippen molar-refractivity contribution in [1.29, 1.82) is 0 Å². The minimum atomic E-state index is -0.186. The van der Waals surface area contributed by atoms with Crippen molar-refractivity contribution in [2.24, 2.45) is 0 Å². The Morgan fingerprint density at radius 2 is 1.77 bits per heavy atom. The van der Waals surface area contributed by atoms with E-state index in [1.165, 1.54) is 6.92 Å². The number of benzene rings is 2. The number of para-hydroxylation sites is 1. The fourth-order valence-electron chi connectivity index (χ4n) is 3.82. The molecule has 1 N–H and O–H groups in total. The first kappa shape index (κ1) is 20.2. The number of piperazine rings is 1. The lowest BCUT2D eigenvalue weighted by atomic mass is 10.0. The van der Waals surface area contributed by atoms with Gasteiger partial charge in [-0.25, -0.2) is 0 Å². The molecule has 0 radical (unpaired) electrons. The van der Waals surface area contributed by atoms with E-state index in [4.69, 9.17) is 11.6 Å². The number of nitrogens with zero attached hydrogens (tertiary/aromatic N) is 3. The Morgan fingerprint density at radius 1 is 1.03 bits per heavy atom. The van der Waals surface area contributed by atoms with Crippen molar-refractivity contribution in [3.05, 3.63) is 64.8 Å². The molecule has 0 bridgehead atoms. The predicted molar refractivity (Wildman–Crippen MR) is 120 cm³/mol. The molecule has 1 aromatic heterocycles. The van der Waals surface area contributed by atoms with E-state index >= 15 is 0 Å². The second-order valence-electron chi connectivity index (χ2n) is 7.45. The number of carbonyl (C=O) groups excluding carboxylic acids is 2. The summed E-state index contributed by atoms with van der Waals surface area (Å²) in [4.78, 5) is 33.5. The molecule has 3 aromatic rings. The predicted octanol–water partition coefficient (Wildman–Crippen LogP) is 4.12. The average molecular weight is 423 g/mol. The smallest absolute Gasteiger partial charge is 0.254 e. The number of hydrogen-bond donors (Lipinski definition) is 1. The van der Waals surface area contributed by atoms with Crippen LogP contribution in [-0.4, -0.2) is 47.9 Å². The average Bonchev–Trinajstić information content (AvgIpc) is 2.72. The van der Waals surface area contributed by atoms with Gasteiger partial charge in [-0.05, 0) is 37.3 Å². The summed E-state index contributed by atoms with van der Waals surface area (Å²) in [7, 11) is 0. The molecule has 30 heavy (non-hydrogen) atoms.